The Morgan fingerprint density at radius 1 is 1.35 bits per heavy atom. The Kier molecular flexibility index (Phi) is 3.93. The summed E-state index contributed by atoms with van der Waals surface area (Å²) in [4.78, 5) is 16.0. The largest absolute Gasteiger partial charge is 0.396 e. The molecule has 2 aromatic rings. The van der Waals surface area contributed by atoms with Gasteiger partial charge in [-0.05, 0) is 24.6 Å². The molecule has 1 amide bonds. The van der Waals surface area contributed by atoms with Crippen molar-refractivity contribution in [3.63, 3.8) is 0 Å². The molecule has 0 aliphatic carbocycles. The molecule has 0 unspecified atom stereocenters. The van der Waals surface area contributed by atoms with E-state index in [1.807, 2.05) is 13.0 Å². The predicted molar refractivity (Wildman–Crippen MR) is 70.9 cm³/mol. The fraction of sp³-hybridized carbons (Fsp3) is 0.143. The number of benzene rings is 1. The van der Waals surface area contributed by atoms with Crippen LogP contribution in [0.2, 0.25) is 0 Å². The molecule has 0 radical (unpaired) electrons. The number of nitrogens with one attached hydrogen (secondary N) is 1. The van der Waals surface area contributed by atoms with E-state index in [1.165, 1.54) is 0 Å². The zero-order valence-electron chi connectivity index (χ0n) is 10.8. The number of hydrogen-bond donors (Lipinski definition) is 2. The minimum absolute atomic E-state index is 0.155. The second-order valence-electron chi connectivity index (χ2n) is 4.30. The second kappa shape index (κ2) is 5.64. The summed E-state index contributed by atoms with van der Waals surface area (Å²) < 4.78 is 26.5. The predicted octanol–water partition coefficient (Wildman–Crippen LogP) is 2.18. The molecule has 1 heterocycles. The van der Waals surface area contributed by atoms with E-state index >= 15 is 0 Å². The van der Waals surface area contributed by atoms with Crippen molar-refractivity contribution < 1.29 is 13.6 Å². The Hall–Kier alpha value is -2.50. The number of amides is 1. The van der Waals surface area contributed by atoms with Gasteiger partial charge < -0.3 is 11.1 Å². The standard InChI is InChI=1S/C14H13F2N3O/c1-8-3-2-4-18-13(8)7-19-14(20)9-5-12(17)11(16)6-10(9)15/h2-6H,7,17H2,1H3,(H,19,20). The average Bonchev–Trinajstić information content (AvgIpc) is 2.41. The van der Waals surface area contributed by atoms with Crippen LogP contribution in [-0.4, -0.2) is 10.9 Å². The maximum atomic E-state index is 13.5. The van der Waals surface area contributed by atoms with Crippen LogP contribution in [0.3, 0.4) is 0 Å². The summed E-state index contributed by atoms with van der Waals surface area (Å²) in [5.41, 5.74) is 6.34. The fourth-order valence-electron chi connectivity index (χ4n) is 1.70. The number of nitrogen functional groups attached to an aromatic ring is 1. The molecule has 0 atom stereocenters. The fourth-order valence-corrected chi connectivity index (χ4v) is 1.70. The van der Waals surface area contributed by atoms with Gasteiger partial charge in [-0.1, -0.05) is 6.07 Å². The molecular formula is C14H13F2N3O. The number of rotatable bonds is 3. The topological polar surface area (TPSA) is 68.0 Å². The second-order valence-corrected chi connectivity index (χ2v) is 4.30. The molecule has 0 aliphatic heterocycles. The summed E-state index contributed by atoms with van der Waals surface area (Å²) in [6, 6.07) is 5.20. The number of halogens is 2. The Labute approximate surface area is 114 Å². The van der Waals surface area contributed by atoms with Gasteiger partial charge in [-0.25, -0.2) is 8.78 Å². The van der Waals surface area contributed by atoms with Crippen molar-refractivity contribution in [2.45, 2.75) is 13.5 Å². The van der Waals surface area contributed by atoms with Gasteiger partial charge in [0.1, 0.15) is 11.6 Å². The van der Waals surface area contributed by atoms with Crippen LogP contribution in [0.15, 0.2) is 30.5 Å². The van der Waals surface area contributed by atoms with Crippen molar-refractivity contribution in [3.8, 4) is 0 Å². The number of anilines is 1. The smallest absolute Gasteiger partial charge is 0.254 e. The summed E-state index contributed by atoms with van der Waals surface area (Å²) in [6.07, 6.45) is 1.60. The maximum absolute atomic E-state index is 13.5. The van der Waals surface area contributed by atoms with Crippen LogP contribution in [-0.2, 0) is 6.54 Å². The summed E-state index contributed by atoms with van der Waals surface area (Å²) in [7, 11) is 0. The highest BCUT2D eigenvalue weighted by Crippen LogP contribution is 2.16. The lowest BCUT2D eigenvalue weighted by Crippen LogP contribution is -2.25. The van der Waals surface area contributed by atoms with Gasteiger partial charge in [0.25, 0.3) is 5.91 Å². The van der Waals surface area contributed by atoms with Gasteiger partial charge in [0.05, 0.1) is 23.5 Å². The van der Waals surface area contributed by atoms with Gasteiger partial charge in [0, 0.05) is 12.3 Å². The first-order valence-corrected chi connectivity index (χ1v) is 5.92. The zero-order chi connectivity index (χ0) is 14.7. The number of aromatic nitrogens is 1. The van der Waals surface area contributed by atoms with Gasteiger partial charge in [-0.3, -0.25) is 9.78 Å². The first kappa shape index (κ1) is 13.9. The molecule has 0 aliphatic rings. The van der Waals surface area contributed by atoms with E-state index in [9.17, 15) is 13.6 Å². The zero-order valence-corrected chi connectivity index (χ0v) is 10.8. The average molecular weight is 277 g/mol. The van der Waals surface area contributed by atoms with Gasteiger partial charge in [0.15, 0.2) is 0 Å². The number of nitrogens with two attached hydrogens (primary N) is 1. The number of hydrogen-bond acceptors (Lipinski definition) is 3. The van der Waals surface area contributed by atoms with E-state index < -0.39 is 17.5 Å². The van der Waals surface area contributed by atoms with Crippen molar-refractivity contribution in [2.75, 3.05) is 5.73 Å². The molecule has 0 fully saturated rings. The van der Waals surface area contributed by atoms with Gasteiger partial charge >= 0.3 is 0 Å². The van der Waals surface area contributed by atoms with Crippen molar-refractivity contribution in [1.29, 1.82) is 0 Å². The van der Waals surface area contributed by atoms with Crippen molar-refractivity contribution in [2.24, 2.45) is 0 Å². The molecule has 20 heavy (non-hydrogen) atoms. The minimum Gasteiger partial charge on any atom is -0.396 e. The molecule has 0 spiro atoms. The number of aryl methyl sites for hydroxylation is 1. The van der Waals surface area contributed by atoms with Crippen LogP contribution in [0.4, 0.5) is 14.5 Å². The summed E-state index contributed by atoms with van der Waals surface area (Å²) in [5, 5.41) is 2.52. The lowest BCUT2D eigenvalue weighted by Gasteiger charge is -2.08. The summed E-state index contributed by atoms with van der Waals surface area (Å²) in [5.74, 6) is -2.51. The van der Waals surface area contributed by atoms with E-state index in [-0.39, 0.29) is 17.8 Å². The van der Waals surface area contributed by atoms with Crippen molar-refractivity contribution in [3.05, 3.63) is 58.9 Å². The lowest BCUT2D eigenvalue weighted by atomic mass is 10.1. The van der Waals surface area contributed by atoms with Gasteiger partial charge in [-0.15, -0.1) is 0 Å². The molecule has 104 valence electrons. The summed E-state index contributed by atoms with van der Waals surface area (Å²) in [6.45, 7) is 2.01. The Morgan fingerprint density at radius 3 is 2.80 bits per heavy atom. The van der Waals surface area contributed by atoms with Crippen LogP contribution in [0.1, 0.15) is 21.6 Å². The van der Waals surface area contributed by atoms with Gasteiger partial charge in [0.2, 0.25) is 0 Å². The highest BCUT2D eigenvalue weighted by Gasteiger charge is 2.15. The number of pyridine rings is 1. The Bertz CT molecular complexity index is 659. The summed E-state index contributed by atoms with van der Waals surface area (Å²) >= 11 is 0. The lowest BCUT2D eigenvalue weighted by molar-refractivity contribution is 0.0946. The van der Waals surface area contributed by atoms with E-state index in [0.717, 1.165) is 11.6 Å². The molecule has 1 aromatic carbocycles. The molecule has 1 aromatic heterocycles. The van der Waals surface area contributed by atoms with Crippen LogP contribution < -0.4 is 11.1 Å². The van der Waals surface area contributed by atoms with E-state index in [0.29, 0.717) is 11.8 Å². The monoisotopic (exact) mass is 277 g/mol. The number of carbonyl (C=O) groups is 1. The molecule has 0 saturated heterocycles. The van der Waals surface area contributed by atoms with Gasteiger partial charge in [-0.2, -0.15) is 0 Å². The highest BCUT2D eigenvalue weighted by atomic mass is 19.1. The molecule has 3 N–H and O–H groups in total. The first-order chi connectivity index (χ1) is 9.49. The van der Waals surface area contributed by atoms with E-state index in [4.69, 9.17) is 5.73 Å². The third kappa shape index (κ3) is 2.90. The normalized spacial score (nSPS) is 10.3. The quantitative estimate of drug-likeness (QED) is 0.845. The third-order valence-electron chi connectivity index (χ3n) is 2.87. The molecule has 4 nitrogen and oxygen atoms in total. The van der Waals surface area contributed by atoms with Crippen molar-refractivity contribution in [1.82, 2.24) is 10.3 Å². The first-order valence-electron chi connectivity index (χ1n) is 5.92. The van der Waals surface area contributed by atoms with Crippen LogP contribution in [0, 0.1) is 18.6 Å². The highest BCUT2D eigenvalue weighted by molar-refractivity contribution is 5.95. The van der Waals surface area contributed by atoms with Crippen LogP contribution in [0.5, 0.6) is 0 Å². The SMILES string of the molecule is Cc1cccnc1CNC(=O)c1cc(N)c(F)cc1F. The Morgan fingerprint density at radius 2 is 2.10 bits per heavy atom. The number of carbonyl (C=O) groups excluding carboxylic acids is 1. The van der Waals surface area contributed by atoms with Crippen molar-refractivity contribution >= 4 is 11.6 Å². The Balaban J connectivity index is 2.13. The maximum Gasteiger partial charge on any atom is 0.254 e. The number of nitrogens with zero attached hydrogens (tertiary/aromatic N) is 1. The molecule has 0 bridgehead atoms. The van der Waals surface area contributed by atoms with Crippen LogP contribution >= 0.6 is 0 Å². The van der Waals surface area contributed by atoms with E-state index in [1.54, 1.807) is 12.3 Å². The molecular weight excluding hydrogens is 264 g/mol. The molecule has 0 saturated carbocycles. The van der Waals surface area contributed by atoms with Crippen LogP contribution in [0.25, 0.3) is 0 Å². The third-order valence-corrected chi connectivity index (χ3v) is 2.87. The minimum atomic E-state index is -0.952. The molecule has 2 rings (SSSR count). The molecule has 6 heteroatoms. The van der Waals surface area contributed by atoms with E-state index in [2.05, 4.69) is 10.3 Å².